The highest BCUT2D eigenvalue weighted by Gasteiger charge is 2.27. The summed E-state index contributed by atoms with van der Waals surface area (Å²) in [6.45, 7) is 3.59. The first kappa shape index (κ1) is 14.9. The number of sulfonamides is 1. The largest absolute Gasteiger partial charge is 0.381 e. The van der Waals surface area contributed by atoms with Crippen molar-refractivity contribution < 1.29 is 13.2 Å². The maximum Gasteiger partial charge on any atom is 0.241 e. The Labute approximate surface area is 118 Å². The molecule has 0 radical (unpaired) electrons. The molecule has 1 aromatic heterocycles. The third-order valence-electron chi connectivity index (χ3n) is 3.49. The summed E-state index contributed by atoms with van der Waals surface area (Å²) in [5.74, 6) is 0.337. The van der Waals surface area contributed by atoms with Crippen LogP contribution in [-0.2, 0) is 21.3 Å². The van der Waals surface area contributed by atoms with Crippen molar-refractivity contribution in [3.63, 3.8) is 0 Å². The van der Waals surface area contributed by atoms with Crippen LogP contribution in [0, 0.1) is 5.92 Å². The van der Waals surface area contributed by atoms with Crippen molar-refractivity contribution >= 4 is 21.4 Å². The van der Waals surface area contributed by atoms with Crippen LogP contribution in [-0.4, -0.2) is 27.7 Å². The summed E-state index contributed by atoms with van der Waals surface area (Å²) >= 11 is 1.37. The molecule has 0 spiro atoms. The van der Waals surface area contributed by atoms with Gasteiger partial charge in [0.1, 0.15) is 0 Å². The summed E-state index contributed by atoms with van der Waals surface area (Å²) in [6.07, 6.45) is 1.80. The minimum atomic E-state index is -3.47. The second-order valence-corrected chi connectivity index (χ2v) is 7.45. The van der Waals surface area contributed by atoms with Gasteiger partial charge in [0.05, 0.1) is 4.90 Å². The Morgan fingerprint density at radius 1 is 1.53 bits per heavy atom. The molecule has 19 heavy (non-hydrogen) atoms. The summed E-state index contributed by atoms with van der Waals surface area (Å²) in [5.41, 5.74) is 5.57. The Balaban J connectivity index is 2.08. The fraction of sp³-hybridized carbons (Fsp3) is 0.667. The Kier molecular flexibility index (Phi) is 4.97. The van der Waals surface area contributed by atoms with E-state index >= 15 is 0 Å². The lowest BCUT2D eigenvalue weighted by atomic mass is 9.94. The predicted molar refractivity (Wildman–Crippen MR) is 75.5 cm³/mol. The van der Waals surface area contributed by atoms with E-state index in [9.17, 15) is 8.42 Å². The molecule has 7 heteroatoms. The Bertz CT molecular complexity index is 507. The Morgan fingerprint density at radius 2 is 2.21 bits per heavy atom. The highest BCUT2D eigenvalue weighted by molar-refractivity contribution is 7.89. The van der Waals surface area contributed by atoms with Gasteiger partial charge in [-0.1, -0.05) is 0 Å². The molecule has 1 aliphatic heterocycles. The molecule has 108 valence electrons. The molecule has 0 amide bonds. The van der Waals surface area contributed by atoms with Crippen LogP contribution in [0.3, 0.4) is 0 Å². The van der Waals surface area contributed by atoms with Crippen LogP contribution in [0.15, 0.2) is 16.3 Å². The van der Waals surface area contributed by atoms with Crippen molar-refractivity contribution in [3.05, 3.63) is 16.3 Å². The lowest BCUT2D eigenvalue weighted by Crippen LogP contribution is -2.40. The number of hydrogen-bond donors (Lipinski definition) is 2. The summed E-state index contributed by atoms with van der Waals surface area (Å²) in [6, 6.07) is 1.53. The fourth-order valence-corrected chi connectivity index (χ4v) is 4.98. The number of hydrogen-bond acceptors (Lipinski definition) is 5. The van der Waals surface area contributed by atoms with E-state index in [4.69, 9.17) is 10.5 Å². The quantitative estimate of drug-likeness (QED) is 0.859. The molecule has 0 aliphatic carbocycles. The number of ether oxygens (including phenoxy) is 1. The van der Waals surface area contributed by atoms with E-state index in [-0.39, 0.29) is 12.6 Å². The molecule has 2 rings (SSSR count). The zero-order valence-corrected chi connectivity index (χ0v) is 12.6. The van der Waals surface area contributed by atoms with Gasteiger partial charge in [0.2, 0.25) is 10.0 Å². The minimum Gasteiger partial charge on any atom is -0.381 e. The van der Waals surface area contributed by atoms with E-state index in [1.54, 1.807) is 11.4 Å². The van der Waals surface area contributed by atoms with Crippen LogP contribution in [0.2, 0.25) is 0 Å². The molecule has 1 saturated heterocycles. The molecular formula is C12H20N2O3S2. The SMILES string of the molecule is CC(NS(=O)(=O)c1ccsc1CN)C1CCOCC1. The number of nitrogens with two attached hydrogens (primary N) is 1. The lowest BCUT2D eigenvalue weighted by molar-refractivity contribution is 0.0585. The van der Waals surface area contributed by atoms with E-state index in [2.05, 4.69) is 4.72 Å². The maximum absolute atomic E-state index is 12.3. The minimum absolute atomic E-state index is 0.0839. The van der Waals surface area contributed by atoms with Crippen molar-refractivity contribution in [1.29, 1.82) is 0 Å². The normalized spacial score (nSPS) is 19.5. The van der Waals surface area contributed by atoms with E-state index in [0.29, 0.717) is 28.9 Å². The van der Waals surface area contributed by atoms with Gasteiger partial charge in [0.25, 0.3) is 0 Å². The van der Waals surface area contributed by atoms with Crippen LogP contribution in [0.4, 0.5) is 0 Å². The Morgan fingerprint density at radius 3 is 2.84 bits per heavy atom. The summed E-state index contributed by atoms with van der Waals surface area (Å²) in [5, 5.41) is 1.76. The van der Waals surface area contributed by atoms with Crippen molar-refractivity contribution in [2.75, 3.05) is 13.2 Å². The van der Waals surface area contributed by atoms with Gasteiger partial charge in [0, 0.05) is 30.7 Å². The van der Waals surface area contributed by atoms with E-state index in [0.717, 1.165) is 12.8 Å². The molecule has 3 N–H and O–H groups in total. The van der Waals surface area contributed by atoms with Gasteiger partial charge in [-0.3, -0.25) is 0 Å². The van der Waals surface area contributed by atoms with Crippen LogP contribution in [0.1, 0.15) is 24.6 Å². The third kappa shape index (κ3) is 3.55. The molecule has 1 fully saturated rings. The average molecular weight is 304 g/mol. The zero-order valence-electron chi connectivity index (χ0n) is 11.0. The zero-order chi connectivity index (χ0) is 13.9. The van der Waals surface area contributed by atoms with Gasteiger partial charge >= 0.3 is 0 Å². The summed E-state index contributed by atoms with van der Waals surface area (Å²) in [4.78, 5) is 1.02. The summed E-state index contributed by atoms with van der Waals surface area (Å²) in [7, 11) is -3.47. The number of rotatable bonds is 5. The van der Waals surface area contributed by atoms with E-state index < -0.39 is 10.0 Å². The second kappa shape index (κ2) is 6.32. The van der Waals surface area contributed by atoms with Crippen LogP contribution < -0.4 is 10.5 Å². The van der Waals surface area contributed by atoms with Crippen molar-refractivity contribution in [2.45, 2.75) is 37.2 Å². The monoisotopic (exact) mass is 304 g/mol. The van der Waals surface area contributed by atoms with Crippen LogP contribution in [0.5, 0.6) is 0 Å². The van der Waals surface area contributed by atoms with Gasteiger partial charge in [0.15, 0.2) is 0 Å². The molecule has 5 nitrogen and oxygen atoms in total. The van der Waals surface area contributed by atoms with Crippen molar-refractivity contribution in [2.24, 2.45) is 11.7 Å². The molecule has 0 aromatic carbocycles. The van der Waals surface area contributed by atoms with Gasteiger partial charge < -0.3 is 10.5 Å². The standard InChI is InChI=1S/C12H20N2O3S2/c1-9(10-2-5-17-6-3-10)14-19(15,16)12-4-7-18-11(12)8-13/h4,7,9-10,14H,2-3,5-6,8,13H2,1H3. The van der Waals surface area contributed by atoms with Crippen molar-refractivity contribution in [1.82, 2.24) is 4.72 Å². The molecule has 0 saturated carbocycles. The van der Waals surface area contributed by atoms with Crippen LogP contribution in [0.25, 0.3) is 0 Å². The predicted octanol–water partition coefficient (Wildman–Crippen LogP) is 1.30. The molecular weight excluding hydrogens is 284 g/mol. The topological polar surface area (TPSA) is 81.4 Å². The fourth-order valence-electron chi connectivity index (χ4n) is 2.34. The Hall–Kier alpha value is -0.470. The molecule has 1 unspecified atom stereocenters. The van der Waals surface area contributed by atoms with Gasteiger partial charge in [-0.15, -0.1) is 11.3 Å². The number of thiophene rings is 1. The third-order valence-corrected chi connectivity index (χ3v) is 6.21. The van der Waals surface area contributed by atoms with Crippen molar-refractivity contribution in [3.8, 4) is 0 Å². The van der Waals surface area contributed by atoms with Gasteiger partial charge in [-0.2, -0.15) is 0 Å². The lowest BCUT2D eigenvalue weighted by Gasteiger charge is -2.28. The molecule has 2 heterocycles. The second-order valence-electron chi connectivity index (χ2n) is 4.77. The first-order chi connectivity index (χ1) is 9.04. The average Bonchev–Trinajstić information content (AvgIpc) is 2.88. The van der Waals surface area contributed by atoms with E-state index in [1.165, 1.54) is 11.3 Å². The summed E-state index contributed by atoms with van der Waals surface area (Å²) < 4.78 is 32.7. The molecule has 0 bridgehead atoms. The molecule has 1 aliphatic rings. The van der Waals surface area contributed by atoms with Gasteiger partial charge in [-0.05, 0) is 37.1 Å². The maximum atomic E-state index is 12.3. The highest BCUT2D eigenvalue weighted by Crippen LogP contribution is 2.24. The highest BCUT2D eigenvalue weighted by atomic mass is 32.2. The number of nitrogens with one attached hydrogen (secondary N) is 1. The molecule has 1 atom stereocenters. The first-order valence-corrected chi connectivity index (χ1v) is 8.77. The van der Waals surface area contributed by atoms with Crippen LogP contribution >= 0.6 is 11.3 Å². The first-order valence-electron chi connectivity index (χ1n) is 6.41. The van der Waals surface area contributed by atoms with Gasteiger partial charge in [-0.25, -0.2) is 13.1 Å². The molecule has 1 aromatic rings. The van der Waals surface area contributed by atoms with E-state index in [1.807, 2.05) is 6.92 Å². The smallest absolute Gasteiger partial charge is 0.241 e.